The third-order valence-corrected chi connectivity index (χ3v) is 5.15. The smallest absolute Gasteiger partial charge is 0.269 e. The van der Waals surface area contributed by atoms with Crippen LogP contribution in [-0.4, -0.2) is 42.2 Å². The molecule has 1 heterocycles. The summed E-state index contributed by atoms with van der Waals surface area (Å²) < 4.78 is 31.6. The molecule has 1 unspecified atom stereocenters. The van der Waals surface area contributed by atoms with Crippen molar-refractivity contribution in [1.82, 2.24) is 10.8 Å². The SMILES string of the molecule is COC(C)(C(F)F)[C@H](NC(=O)c1ccc(C#CC#Cc2ccc(N)s2)cc1)C(=O)NO. The van der Waals surface area contributed by atoms with E-state index < -0.39 is 29.9 Å². The van der Waals surface area contributed by atoms with Crippen molar-refractivity contribution < 1.29 is 28.3 Å². The number of methoxy groups -OCH3 is 1. The van der Waals surface area contributed by atoms with Gasteiger partial charge in [0.2, 0.25) is 0 Å². The van der Waals surface area contributed by atoms with E-state index in [9.17, 15) is 18.4 Å². The maximum absolute atomic E-state index is 13.4. The molecule has 0 saturated heterocycles. The number of nitrogens with two attached hydrogens (primary N) is 1. The fraction of sp³-hybridized carbons (Fsp3) is 0.238. The van der Waals surface area contributed by atoms with Gasteiger partial charge >= 0.3 is 0 Å². The number of carbonyl (C=O) groups excluding carboxylic acids is 2. The third kappa shape index (κ3) is 6.03. The molecule has 5 N–H and O–H groups in total. The number of carbonyl (C=O) groups is 2. The highest BCUT2D eigenvalue weighted by atomic mass is 32.1. The first-order chi connectivity index (χ1) is 14.7. The van der Waals surface area contributed by atoms with Crippen molar-refractivity contribution in [1.29, 1.82) is 0 Å². The van der Waals surface area contributed by atoms with E-state index in [1.165, 1.54) is 41.1 Å². The van der Waals surface area contributed by atoms with Crippen LogP contribution < -0.4 is 16.5 Å². The molecule has 7 nitrogen and oxygen atoms in total. The predicted octanol–water partition coefficient (Wildman–Crippen LogP) is 2.01. The molecule has 0 fully saturated rings. The summed E-state index contributed by atoms with van der Waals surface area (Å²) >= 11 is 1.34. The number of nitrogens with one attached hydrogen (secondary N) is 2. The Morgan fingerprint density at radius 3 is 2.32 bits per heavy atom. The molecule has 31 heavy (non-hydrogen) atoms. The van der Waals surface area contributed by atoms with Gasteiger partial charge in [-0.3, -0.25) is 14.8 Å². The maximum atomic E-state index is 13.4. The Morgan fingerprint density at radius 2 is 1.81 bits per heavy atom. The van der Waals surface area contributed by atoms with Gasteiger partial charge in [-0.2, -0.15) is 0 Å². The zero-order chi connectivity index (χ0) is 23.0. The molecule has 10 heteroatoms. The molecule has 2 amide bonds. The average Bonchev–Trinajstić information content (AvgIpc) is 3.19. The molecule has 2 aromatic rings. The highest BCUT2D eigenvalue weighted by Crippen LogP contribution is 2.24. The molecule has 0 spiro atoms. The Kier molecular flexibility index (Phi) is 8.11. The van der Waals surface area contributed by atoms with E-state index in [2.05, 4.69) is 29.0 Å². The second-order valence-corrected chi connectivity index (χ2v) is 7.47. The van der Waals surface area contributed by atoms with Crippen molar-refractivity contribution in [2.45, 2.75) is 25.0 Å². The Balaban J connectivity index is 2.13. The Bertz CT molecular complexity index is 1060. The van der Waals surface area contributed by atoms with Crippen molar-refractivity contribution in [3.8, 4) is 23.7 Å². The highest BCUT2D eigenvalue weighted by molar-refractivity contribution is 7.16. The molecule has 0 bridgehead atoms. The van der Waals surface area contributed by atoms with Crippen molar-refractivity contribution in [2.75, 3.05) is 12.8 Å². The van der Waals surface area contributed by atoms with Crippen LogP contribution in [0.15, 0.2) is 36.4 Å². The molecule has 1 aromatic heterocycles. The monoisotopic (exact) mass is 447 g/mol. The van der Waals surface area contributed by atoms with Crippen LogP contribution in [0.2, 0.25) is 0 Å². The molecular weight excluding hydrogens is 428 g/mol. The van der Waals surface area contributed by atoms with Gasteiger partial charge in [0, 0.05) is 18.2 Å². The number of hydrogen-bond donors (Lipinski definition) is 4. The van der Waals surface area contributed by atoms with Crippen molar-refractivity contribution in [2.24, 2.45) is 0 Å². The first kappa shape index (κ1) is 23.8. The fourth-order valence-electron chi connectivity index (χ4n) is 2.40. The second kappa shape index (κ2) is 10.5. The van der Waals surface area contributed by atoms with Crippen molar-refractivity contribution in [3.63, 3.8) is 0 Å². The van der Waals surface area contributed by atoms with Crippen LogP contribution in [-0.2, 0) is 9.53 Å². The number of ether oxygens (including phenoxy) is 1. The molecule has 2 atom stereocenters. The zero-order valence-corrected chi connectivity index (χ0v) is 17.3. The van der Waals surface area contributed by atoms with Gasteiger partial charge in [0.05, 0.1) is 9.88 Å². The minimum Gasteiger partial charge on any atom is -0.391 e. The van der Waals surface area contributed by atoms with Crippen LogP contribution >= 0.6 is 11.3 Å². The summed E-state index contributed by atoms with van der Waals surface area (Å²) in [6.07, 6.45) is -3.12. The van der Waals surface area contributed by atoms with Crippen molar-refractivity contribution >= 4 is 28.2 Å². The summed E-state index contributed by atoms with van der Waals surface area (Å²) in [7, 11) is 0.972. The summed E-state index contributed by atoms with van der Waals surface area (Å²) in [5, 5.41) is 11.7. The van der Waals surface area contributed by atoms with Gasteiger partial charge in [-0.15, -0.1) is 11.3 Å². The summed E-state index contributed by atoms with van der Waals surface area (Å²) in [6.45, 7) is 0.947. The summed E-state index contributed by atoms with van der Waals surface area (Å²) in [5.74, 6) is 8.97. The van der Waals surface area contributed by atoms with E-state index in [1.54, 1.807) is 12.1 Å². The van der Waals surface area contributed by atoms with Gasteiger partial charge in [-0.1, -0.05) is 5.92 Å². The lowest BCUT2D eigenvalue weighted by Crippen LogP contribution is -2.62. The van der Waals surface area contributed by atoms with Crippen molar-refractivity contribution in [3.05, 3.63) is 52.4 Å². The van der Waals surface area contributed by atoms with E-state index in [1.807, 2.05) is 0 Å². The molecule has 0 aliphatic carbocycles. The number of nitrogen functional groups attached to an aromatic ring is 1. The van der Waals surface area contributed by atoms with Gasteiger partial charge in [0.25, 0.3) is 18.2 Å². The number of halogens is 2. The molecular formula is C21H19F2N3O4S. The number of hydrogen-bond acceptors (Lipinski definition) is 6. The lowest BCUT2D eigenvalue weighted by Gasteiger charge is -2.34. The molecule has 0 aliphatic rings. The average molecular weight is 447 g/mol. The molecule has 1 aromatic carbocycles. The normalized spacial score (nSPS) is 13.1. The van der Waals surface area contributed by atoms with E-state index in [0.717, 1.165) is 18.9 Å². The summed E-state index contributed by atoms with van der Waals surface area (Å²) in [5.41, 5.74) is 5.18. The van der Waals surface area contributed by atoms with E-state index >= 15 is 0 Å². The number of hydroxylamine groups is 1. The van der Waals surface area contributed by atoms with Gasteiger partial charge in [-0.05, 0) is 61.1 Å². The van der Waals surface area contributed by atoms with Crippen LogP contribution in [0.5, 0.6) is 0 Å². The summed E-state index contributed by atoms with van der Waals surface area (Å²) in [4.78, 5) is 25.1. The Labute approximate surface area is 181 Å². The van der Waals surface area contributed by atoms with E-state index in [4.69, 9.17) is 15.7 Å². The third-order valence-electron chi connectivity index (χ3n) is 4.32. The lowest BCUT2D eigenvalue weighted by atomic mass is 9.95. The number of alkyl halides is 2. The molecule has 0 saturated carbocycles. The van der Waals surface area contributed by atoms with E-state index in [0.29, 0.717) is 10.6 Å². The standard InChI is InChI=1S/C21H19F2N3O4S/c1-21(30-2,20(22)23)17(19(28)26-29)25-18(27)14-9-7-13(8-10-14)5-3-4-6-15-11-12-16(24)31-15/h7-12,17,20,29H,24H2,1-2H3,(H,25,27)(H,26,28)/t17-,21?/m1/s1. The lowest BCUT2D eigenvalue weighted by molar-refractivity contribution is -0.157. The predicted molar refractivity (Wildman–Crippen MR) is 112 cm³/mol. The maximum Gasteiger partial charge on any atom is 0.269 e. The quantitative estimate of drug-likeness (QED) is 0.307. The van der Waals surface area contributed by atoms with Gasteiger partial charge in [0.1, 0.15) is 6.04 Å². The first-order valence-electron chi connectivity index (χ1n) is 8.76. The number of anilines is 1. The van der Waals surface area contributed by atoms with E-state index in [-0.39, 0.29) is 5.56 Å². The first-order valence-corrected chi connectivity index (χ1v) is 9.58. The highest BCUT2D eigenvalue weighted by Gasteiger charge is 2.48. The molecule has 0 radical (unpaired) electrons. The number of rotatable bonds is 6. The molecule has 2 rings (SSSR count). The second-order valence-electron chi connectivity index (χ2n) is 6.35. The number of thiophene rings is 1. The minimum absolute atomic E-state index is 0.0918. The van der Waals surface area contributed by atoms with Gasteiger partial charge in [0.15, 0.2) is 5.60 Å². The van der Waals surface area contributed by atoms with Gasteiger partial charge < -0.3 is 15.8 Å². The van der Waals surface area contributed by atoms with Gasteiger partial charge in [-0.25, -0.2) is 14.3 Å². The topological polar surface area (TPSA) is 114 Å². The number of benzene rings is 1. The summed E-state index contributed by atoms with van der Waals surface area (Å²) in [6, 6.07) is 7.58. The zero-order valence-electron chi connectivity index (χ0n) is 16.5. The fourth-order valence-corrected chi connectivity index (χ4v) is 3.03. The van der Waals surface area contributed by atoms with Crippen LogP contribution in [0.1, 0.15) is 27.7 Å². The largest absolute Gasteiger partial charge is 0.391 e. The van der Waals surface area contributed by atoms with Crippen LogP contribution in [0.4, 0.5) is 13.8 Å². The van der Waals surface area contributed by atoms with Crippen LogP contribution in [0, 0.1) is 23.7 Å². The minimum atomic E-state index is -3.12. The van der Waals surface area contributed by atoms with Crippen LogP contribution in [0.3, 0.4) is 0 Å². The van der Waals surface area contributed by atoms with Crippen LogP contribution in [0.25, 0.3) is 0 Å². The molecule has 0 aliphatic heterocycles. The Hall–Kier alpha value is -3.44. The molecule has 162 valence electrons. The number of amides is 2. The Morgan fingerprint density at radius 1 is 1.16 bits per heavy atom.